The Bertz CT molecular complexity index is 968. The number of nitrogens with zero attached hydrogens (tertiary/aromatic N) is 2. The summed E-state index contributed by atoms with van der Waals surface area (Å²) in [6.45, 7) is 4.09. The highest BCUT2D eigenvalue weighted by molar-refractivity contribution is 7.10. The molecule has 1 saturated heterocycles. The lowest BCUT2D eigenvalue weighted by molar-refractivity contribution is 0.0926. The van der Waals surface area contributed by atoms with Crippen molar-refractivity contribution in [2.75, 3.05) is 26.2 Å². The summed E-state index contributed by atoms with van der Waals surface area (Å²) in [5.41, 5.74) is 2.56. The van der Waals surface area contributed by atoms with E-state index in [0.29, 0.717) is 11.6 Å². The van der Waals surface area contributed by atoms with E-state index in [1.807, 2.05) is 11.3 Å². The second kappa shape index (κ2) is 8.42. The van der Waals surface area contributed by atoms with Crippen LogP contribution in [0.3, 0.4) is 0 Å². The molecule has 1 aliphatic heterocycles. The van der Waals surface area contributed by atoms with Gasteiger partial charge in [0.15, 0.2) is 11.5 Å². The monoisotopic (exact) mass is 427 g/mol. The van der Waals surface area contributed by atoms with Crippen LogP contribution in [0.5, 0.6) is 0 Å². The van der Waals surface area contributed by atoms with E-state index in [9.17, 15) is 4.79 Å². The zero-order chi connectivity index (χ0) is 19.6. The Kier molecular flexibility index (Phi) is 5.52. The molecule has 7 heteroatoms. The van der Waals surface area contributed by atoms with Crippen molar-refractivity contribution in [2.45, 2.75) is 32.1 Å². The van der Waals surface area contributed by atoms with Crippen molar-refractivity contribution in [1.29, 1.82) is 0 Å². The van der Waals surface area contributed by atoms with Crippen molar-refractivity contribution in [3.63, 3.8) is 0 Å². The molecule has 0 radical (unpaired) electrons. The number of carbonyl (C=O) groups excluding carboxylic acids is 1. The maximum atomic E-state index is 12.7. The van der Waals surface area contributed by atoms with E-state index in [0.717, 1.165) is 75.2 Å². The first-order chi connectivity index (χ1) is 14.3. The van der Waals surface area contributed by atoms with Gasteiger partial charge in [0.25, 0.3) is 5.91 Å². The molecule has 3 aromatic heterocycles. The number of piperidine rings is 1. The average molecular weight is 428 g/mol. The van der Waals surface area contributed by atoms with Crippen molar-refractivity contribution < 1.29 is 9.32 Å². The SMILES string of the molecule is O=C(NCC1CCN(CCc2cccs2)CC1)c1noc2c1CCc1sccc1-2. The van der Waals surface area contributed by atoms with Gasteiger partial charge in [0, 0.05) is 34.0 Å². The Labute approximate surface area is 178 Å². The molecule has 1 N–H and O–H groups in total. The zero-order valence-corrected chi connectivity index (χ0v) is 18.0. The predicted molar refractivity (Wildman–Crippen MR) is 117 cm³/mol. The molecule has 1 aliphatic carbocycles. The normalized spacial score (nSPS) is 17.1. The molecule has 0 atom stereocenters. The van der Waals surface area contributed by atoms with Gasteiger partial charge < -0.3 is 14.7 Å². The third-order valence-electron chi connectivity index (χ3n) is 6.11. The van der Waals surface area contributed by atoms with E-state index in [1.165, 1.54) is 9.75 Å². The Morgan fingerprint density at radius 3 is 2.93 bits per heavy atom. The van der Waals surface area contributed by atoms with Gasteiger partial charge in [-0.15, -0.1) is 22.7 Å². The summed E-state index contributed by atoms with van der Waals surface area (Å²) in [5, 5.41) is 11.5. The molecule has 0 spiro atoms. The lowest BCUT2D eigenvalue weighted by Crippen LogP contribution is -2.39. The number of amides is 1. The predicted octanol–water partition coefficient (Wildman–Crippen LogP) is 4.25. The zero-order valence-electron chi connectivity index (χ0n) is 16.4. The van der Waals surface area contributed by atoms with Crippen molar-refractivity contribution in [1.82, 2.24) is 15.4 Å². The van der Waals surface area contributed by atoms with Crippen LogP contribution in [-0.4, -0.2) is 42.1 Å². The number of likely N-dealkylation sites (tertiary alicyclic amines) is 1. The summed E-state index contributed by atoms with van der Waals surface area (Å²) in [4.78, 5) is 18.1. The van der Waals surface area contributed by atoms with Crippen LogP contribution in [0.25, 0.3) is 11.3 Å². The van der Waals surface area contributed by atoms with E-state index < -0.39 is 0 Å². The molecule has 1 fully saturated rings. The highest BCUT2D eigenvalue weighted by atomic mass is 32.1. The maximum absolute atomic E-state index is 12.7. The molecule has 0 saturated carbocycles. The highest BCUT2D eigenvalue weighted by Crippen LogP contribution is 2.38. The molecule has 5 rings (SSSR count). The van der Waals surface area contributed by atoms with Crippen LogP contribution in [0.15, 0.2) is 33.5 Å². The van der Waals surface area contributed by atoms with Crippen LogP contribution in [0.1, 0.15) is 38.6 Å². The molecule has 5 nitrogen and oxygen atoms in total. The Morgan fingerprint density at radius 1 is 1.21 bits per heavy atom. The number of thiophene rings is 2. The largest absolute Gasteiger partial charge is 0.355 e. The van der Waals surface area contributed by atoms with Crippen LogP contribution in [0, 0.1) is 5.92 Å². The van der Waals surface area contributed by atoms with Crippen molar-refractivity contribution in [2.24, 2.45) is 5.92 Å². The molecule has 1 amide bonds. The summed E-state index contributed by atoms with van der Waals surface area (Å²) in [6.07, 6.45) is 5.21. The van der Waals surface area contributed by atoms with Gasteiger partial charge >= 0.3 is 0 Å². The van der Waals surface area contributed by atoms with Crippen LogP contribution in [0.4, 0.5) is 0 Å². The molecule has 152 valence electrons. The number of hydrogen-bond donors (Lipinski definition) is 1. The van der Waals surface area contributed by atoms with Gasteiger partial charge in [-0.1, -0.05) is 11.2 Å². The summed E-state index contributed by atoms with van der Waals surface area (Å²) in [5.74, 6) is 1.24. The van der Waals surface area contributed by atoms with Gasteiger partial charge in [-0.05, 0) is 74.0 Å². The fraction of sp³-hybridized carbons (Fsp3) is 0.455. The van der Waals surface area contributed by atoms with E-state index >= 15 is 0 Å². The summed E-state index contributed by atoms with van der Waals surface area (Å²) < 4.78 is 5.55. The fourth-order valence-corrected chi connectivity index (χ4v) is 5.94. The summed E-state index contributed by atoms with van der Waals surface area (Å²) in [6, 6.07) is 6.41. The lowest BCUT2D eigenvalue weighted by atomic mass is 9.95. The molecular formula is C22H25N3O2S2. The number of rotatable bonds is 6. The smallest absolute Gasteiger partial charge is 0.273 e. The minimum Gasteiger partial charge on any atom is -0.355 e. The number of aryl methyl sites for hydroxylation is 1. The molecule has 0 aromatic carbocycles. The standard InChI is InChI=1S/C22H25N3O2S2/c26-22(20-18-3-4-19-17(8-13-29-19)21(18)27-24-20)23-14-15-5-9-25(10-6-15)11-7-16-2-1-12-28-16/h1-2,8,12-13,15H,3-7,9-11,14H2,(H,23,26). The van der Waals surface area contributed by atoms with Crippen LogP contribution in [0.2, 0.25) is 0 Å². The highest BCUT2D eigenvalue weighted by Gasteiger charge is 2.28. The van der Waals surface area contributed by atoms with E-state index in [1.54, 1.807) is 11.3 Å². The number of hydrogen-bond acceptors (Lipinski definition) is 6. The van der Waals surface area contributed by atoms with Gasteiger partial charge in [-0.3, -0.25) is 4.79 Å². The van der Waals surface area contributed by atoms with Gasteiger partial charge in [-0.25, -0.2) is 0 Å². The van der Waals surface area contributed by atoms with Crippen molar-refractivity contribution in [3.05, 3.63) is 50.0 Å². The number of fused-ring (bicyclic) bond motifs is 3. The quantitative estimate of drug-likeness (QED) is 0.639. The molecular weight excluding hydrogens is 402 g/mol. The van der Waals surface area contributed by atoms with E-state index in [-0.39, 0.29) is 5.91 Å². The van der Waals surface area contributed by atoms with E-state index in [2.05, 4.69) is 44.3 Å². The summed E-state index contributed by atoms with van der Waals surface area (Å²) in [7, 11) is 0. The van der Waals surface area contributed by atoms with Gasteiger partial charge in [0.05, 0.1) is 0 Å². The number of carbonyl (C=O) groups is 1. The molecule has 3 aromatic rings. The Hall–Kier alpha value is -1.96. The minimum atomic E-state index is -0.0891. The lowest BCUT2D eigenvalue weighted by Gasteiger charge is -2.31. The van der Waals surface area contributed by atoms with Crippen molar-refractivity contribution >= 4 is 28.6 Å². The van der Waals surface area contributed by atoms with Gasteiger partial charge in [0.2, 0.25) is 0 Å². The van der Waals surface area contributed by atoms with Gasteiger partial charge in [-0.2, -0.15) is 0 Å². The Morgan fingerprint density at radius 2 is 2.10 bits per heavy atom. The Balaban J connectivity index is 1.11. The molecule has 4 heterocycles. The fourth-order valence-electron chi connectivity index (χ4n) is 4.36. The van der Waals surface area contributed by atoms with Crippen molar-refractivity contribution in [3.8, 4) is 11.3 Å². The first-order valence-corrected chi connectivity index (χ1v) is 12.1. The number of aromatic nitrogens is 1. The minimum absolute atomic E-state index is 0.0891. The third-order valence-corrected chi connectivity index (χ3v) is 8.03. The van der Waals surface area contributed by atoms with E-state index in [4.69, 9.17) is 4.52 Å². The first kappa shape index (κ1) is 19.0. The second-order valence-electron chi connectivity index (χ2n) is 7.92. The molecule has 2 aliphatic rings. The van der Waals surface area contributed by atoms with Crippen LogP contribution >= 0.6 is 22.7 Å². The number of nitrogens with one attached hydrogen (secondary N) is 1. The summed E-state index contributed by atoms with van der Waals surface area (Å²) >= 11 is 3.59. The average Bonchev–Trinajstić information content (AvgIpc) is 3.50. The molecule has 0 bridgehead atoms. The third kappa shape index (κ3) is 4.04. The molecule has 0 unspecified atom stereocenters. The second-order valence-corrected chi connectivity index (χ2v) is 9.95. The first-order valence-electron chi connectivity index (χ1n) is 10.4. The van der Waals surface area contributed by atoms with Gasteiger partial charge in [0.1, 0.15) is 0 Å². The van der Waals surface area contributed by atoms with Crippen LogP contribution in [-0.2, 0) is 19.3 Å². The van der Waals surface area contributed by atoms with Crippen LogP contribution < -0.4 is 5.32 Å². The maximum Gasteiger partial charge on any atom is 0.273 e. The molecule has 29 heavy (non-hydrogen) atoms. The topological polar surface area (TPSA) is 58.4 Å².